The molecule has 2 fully saturated rings. The number of hydrogen-bond acceptors (Lipinski definition) is 7. The Bertz CT molecular complexity index is 1440. The van der Waals surface area contributed by atoms with Crippen molar-refractivity contribution in [1.82, 2.24) is 14.3 Å². The zero-order valence-electron chi connectivity index (χ0n) is 21.3. The summed E-state index contributed by atoms with van der Waals surface area (Å²) in [5.41, 5.74) is 2.93. The minimum atomic E-state index is -0.175. The summed E-state index contributed by atoms with van der Waals surface area (Å²) in [6.45, 7) is 6.35. The predicted molar refractivity (Wildman–Crippen MR) is 153 cm³/mol. The molecule has 0 atom stereocenters. The Balaban J connectivity index is 1.47. The first-order valence-corrected chi connectivity index (χ1v) is 13.7. The fraction of sp³-hybridized carbons (Fsp3) is 0.357. The predicted octanol–water partition coefficient (Wildman–Crippen LogP) is 4.69. The van der Waals surface area contributed by atoms with Gasteiger partial charge in [0.15, 0.2) is 0 Å². The van der Waals surface area contributed by atoms with Crippen LogP contribution in [0, 0.1) is 12.8 Å². The minimum absolute atomic E-state index is 0.171. The van der Waals surface area contributed by atoms with E-state index in [0.29, 0.717) is 45.1 Å². The Morgan fingerprint density at radius 3 is 2.59 bits per heavy atom. The molecule has 0 saturated carbocycles. The van der Waals surface area contributed by atoms with E-state index in [1.807, 2.05) is 43.3 Å². The number of amides is 1. The van der Waals surface area contributed by atoms with E-state index in [1.165, 1.54) is 11.8 Å². The summed E-state index contributed by atoms with van der Waals surface area (Å²) in [6.07, 6.45) is 6.19. The second-order valence-corrected chi connectivity index (χ2v) is 11.3. The molecule has 3 aromatic rings. The number of piperidine rings is 1. The van der Waals surface area contributed by atoms with Gasteiger partial charge < -0.3 is 9.64 Å². The Kier molecular flexibility index (Phi) is 7.35. The fourth-order valence-electron chi connectivity index (χ4n) is 4.75. The van der Waals surface area contributed by atoms with Crippen molar-refractivity contribution in [2.45, 2.75) is 33.1 Å². The van der Waals surface area contributed by atoms with Gasteiger partial charge in [0.2, 0.25) is 0 Å². The summed E-state index contributed by atoms with van der Waals surface area (Å²) >= 11 is 6.81. The number of aromatic nitrogens is 2. The van der Waals surface area contributed by atoms with Gasteiger partial charge in [-0.2, -0.15) is 0 Å². The maximum Gasteiger partial charge on any atom is 0.267 e. The number of benzene rings is 1. The molecule has 2 aromatic heterocycles. The number of ether oxygens (including phenoxy) is 1. The van der Waals surface area contributed by atoms with Crippen molar-refractivity contribution in [1.29, 1.82) is 0 Å². The highest BCUT2D eigenvalue weighted by molar-refractivity contribution is 8.26. The lowest BCUT2D eigenvalue weighted by atomic mass is 9.99. The monoisotopic (exact) mass is 534 g/mol. The standard InChI is InChI=1S/C28H30N4O3S2/c1-18-10-14-30(15-11-18)25-22(26(33)31-13-4-5-19(2)24(31)29-25)17-23-27(34)32(28(36)37-23)16-12-20-6-8-21(35-3)9-7-20/h4-9,13,17-18H,10-12,14-16H2,1-3H3/b23-17+. The lowest BCUT2D eigenvalue weighted by Gasteiger charge is -2.32. The van der Waals surface area contributed by atoms with E-state index >= 15 is 0 Å². The van der Waals surface area contributed by atoms with Crippen molar-refractivity contribution in [3.05, 3.63) is 74.5 Å². The molecule has 5 rings (SSSR count). The van der Waals surface area contributed by atoms with Crippen LogP contribution in [0.2, 0.25) is 0 Å². The van der Waals surface area contributed by atoms with Crippen LogP contribution in [0.3, 0.4) is 0 Å². The number of fused-ring (bicyclic) bond motifs is 1. The highest BCUT2D eigenvalue weighted by Crippen LogP contribution is 2.34. The van der Waals surface area contributed by atoms with E-state index in [4.69, 9.17) is 21.9 Å². The molecule has 4 heterocycles. The van der Waals surface area contributed by atoms with Crippen LogP contribution >= 0.6 is 24.0 Å². The molecule has 192 valence electrons. The number of carbonyl (C=O) groups is 1. The van der Waals surface area contributed by atoms with Crippen molar-refractivity contribution in [3.8, 4) is 5.75 Å². The van der Waals surface area contributed by atoms with Crippen molar-refractivity contribution < 1.29 is 9.53 Å². The maximum absolute atomic E-state index is 13.7. The maximum atomic E-state index is 13.7. The molecular formula is C28H30N4O3S2. The third kappa shape index (κ3) is 5.15. The van der Waals surface area contributed by atoms with Crippen LogP contribution in [-0.2, 0) is 11.2 Å². The average molecular weight is 535 g/mol. The second kappa shape index (κ2) is 10.7. The van der Waals surface area contributed by atoms with Gasteiger partial charge in [-0.15, -0.1) is 0 Å². The quantitative estimate of drug-likeness (QED) is 0.336. The third-order valence-corrected chi connectivity index (χ3v) is 8.46. The summed E-state index contributed by atoms with van der Waals surface area (Å²) in [6, 6.07) is 11.6. The van der Waals surface area contributed by atoms with E-state index in [-0.39, 0.29) is 11.5 Å². The van der Waals surface area contributed by atoms with Crippen LogP contribution < -0.4 is 15.2 Å². The molecule has 0 N–H and O–H groups in total. The van der Waals surface area contributed by atoms with Crippen molar-refractivity contribution in [2.75, 3.05) is 31.6 Å². The van der Waals surface area contributed by atoms with E-state index < -0.39 is 0 Å². The molecule has 2 aliphatic rings. The zero-order valence-corrected chi connectivity index (χ0v) is 22.9. The van der Waals surface area contributed by atoms with Gasteiger partial charge in [0, 0.05) is 25.8 Å². The molecule has 0 aliphatic carbocycles. The SMILES string of the molecule is COc1ccc(CCN2C(=O)/C(=C\c3c(N4CCC(C)CC4)nc4c(C)cccn4c3=O)SC2=S)cc1. The number of hydrogen-bond donors (Lipinski definition) is 0. The van der Waals surface area contributed by atoms with Crippen molar-refractivity contribution in [3.63, 3.8) is 0 Å². The molecule has 0 radical (unpaired) electrons. The topological polar surface area (TPSA) is 67.2 Å². The molecule has 0 bridgehead atoms. The van der Waals surface area contributed by atoms with E-state index in [2.05, 4.69) is 11.8 Å². The lowest BCUT2D eigenvalue weighted by molar-refractivity contribution is -0.122. The number of thiocarbonyl (C=S) groups is 1. The van der Waals surface area contributed by atoms with Crippen LogP contribution in [0.1, 0.15) is 36.5 Å². The van der Waals surface area contributed by atoms with Gasteiger partial charge in [0.1, 0.15) is 21.5 Å². The number of thioether (sulfide) groups is 1. The van der Waals surface area contributed by atoms with Crippen LogP contribution in [0.5, 0.6) is 5.75 Å². The summed E-state index contributed by atoms with van der Waals surface area (Å²) < 4.78 is 7.30. The van der Waals surface area contributed by atoms with E-state index in [9.17, 15) is 9.59 Å². The Hall–Kier alpha value is -3.17. The van der Waals surface area contributed by atoms with Gasteiger partial charge in [-0.25, -0.2) is 4.98 Å². The first-order valence-electron chi connectivity index (χ1n) is 12.5. The van der Waals surface area contributed by atoms with E-state index in [0.717, 1.165) is 42.8 Å². The van der Waals surface area contributed by atoms with Crippen molar-refractivity contribution >= 4 is 51.7 Å². The number of methoxy groups -OCH3 is 1. The van der Waals surface area contributed by atoms with Crippen molar-refractivity contribution in [2.24, 2.45) is 5.92 Å². The Morgan fingerprint density at radius 1 is 1.16 bits per heavy atom. The number of anilines is 1. The Morgan fingerprint density at radius 2 is 1.89 bits per heavy atom. The molecule has 1 amide bonds. The summed E-state index contributed by atoms with van der Waals surface area (Å²) in [4.78, 5) is 36.3. The number of rotatable bonds is 6. The van der Waals surface area contributed by atoms with Crippen LogP contribution in [0.15, 0.2) is 52.3 Å². The van der Waals surface area contributed by atoms with Gasteiger partial charge >= 0.3 is 0 Å². The average Bonchev–Trinajstić information content (AvgIpc) is 3.17. The largest absolute Gasteiger partial charge is 0.497 e. The minimum Gasteiger partial charge on any atom is -0.497 e. The third-order valence-electron chi connectivity index (χ3n) is 7.08. The fourth-order valence-corrected chi connectivity index (χ4v) is 6.04. The van der Waals surface area contributed by atoms with Gasteiger partial charge in [-0.1, -0.05) is 49.1 Å². The molecule has 9 heteroatoms. The number of aryl methyl sites for hydroxylation is 1. The molecule has 0 spiro atoms. The first kappa shape index (κ1) is 25.5. The van der Waals surface area contributed by atoms with E-state index in [1.54, 1.807) is 28.7 Å². The molecule has 7 nitrogen and oxygen atoms in total. The molecular weight excluding hydrogens is 504 g/mol. The normalized spacial score (nSPS) is 17.9. The van der Waals surface area contributed by atoms with Gasteiger partial charge in [0.05, 0.1) is 17.6 Å². The molecule has 1 aromatic carbocycles. The second-order valence-electron chi connectivity index (χ2n) is 9.64. The number of pyridine rings is 1. The Labute approximate surface area is 226 Å². The summed E-state index contributed by atoms with van der Waals surface area (Å²) in [5.74, 6) is 1.91. The highest BCUT2D eigenvalue weighted by Gasteiger charge is 2.33. The van der Waals surface area contributed by atoms with Crippen LogP contribution in [-0.4, -0.2) is 51.3 Å². The summed E-state index contributed by atoms with van der Waals surface area (Å²) in [7, 11) is 1.64. The van der Waals surface area contributed by atoms with Crippen LogP contribution in [0.4, 0.5) is 5.82 Å². The molecule has 2 aliphatic heterocycles. The molecule has 0 unspecified atom stereocenters. The van der Waals surface area contributed by atoms with Gasteiger partial charge in [-0.05, 0) is 67.5 Å². The van der Waals surface area contributed by atoms with Gasteiger partial charge in [0.25, 0.3) is 11.5 Å². The zero-order chi connectivity index (χ0) is 26.1. The first-order chi connectivity index (χ1) is 17.9. The summed E-state index contributed by atoms with van der Waals surface area (Å²) in [5, 5.41) is 0. The van der Waals surface area contributed by atoms with Gasteiger partial charge in [-0.3, -0.25) is 18.9 Å². The smallest absolute Gasteiger partial charge is 0.267 e. The molecule has 37 heavy (non-hydrogen) atoms. The number of nitrogens with zero attached hydrogens (tertiary/aromatic N) is 4. The molecule has 2 saturated heterocycles. The highest BCUT2D eigenvalue weighted by atomic mass is 32.2. The number of carbonyl (C=O) groups excluding carboxylic acids is 1. The van der Waals surface area contributed by atoms with Crippen LogP contribution in [0.25, 0.3) is 11.7 Å². The lowest BCUT2D eigenvalue weighted by Crippen LogP contribution is -2.36.